The van der Waals surface area contributed by atoms with E-state index in [4.69, 9.17) is 11.6 Å². The van der Waals surface area contributed by atoms with Crippen LogP contribution in [0.1, 0.15) is 15.2 Å². The van der Waals surface area contributed by atoms with Crippen molar-refractivity contribution in [2.24, 2.45) is 0 Å². The second-order valence-corrected chi connectivity index (χ2v) is 7.12. The molecule has 0 bridgehead atoms. The smallest absolute Gasteiger partial charge is 0.292 e. The summed E-state index contributed by atoms with van der Waals surface area (Å²) in [5, 5.41) is 1.98. The van der Waals surface area contributed by atoms with Gasteiger partial charge in [-0.05, 0) is 53.5 Å². The molecular formula is C16H10ClNO3S2. The Bertz CT molecular complexity index is 797. The number of hydrogen-bond donors (Lipinski definition) is 0. The van der Waals surface area contributed by atoms with Crippen LogP contribution in [0.15, 0.2) is 46.7 Å². The average Bonchev–Trinajstić information content (AvgIpc) is 3.12. The second-order valence-electron chi connectivity index (χ2n) is 4.71. The van der Waals surface area contributed by atoms with Crippen LogP contribution in [0.25, 0.3) is 6.08 Å². The van der Waals surface area contributed by atoms with Gasteiger partial charge in [0, 0.05) is 15.5 Å². The third kappa shape index (κ3) is 3.55. The molecule has 0 N–H and O–H groups in total. The molecule has 3 rings (SSSR count). The number of carbonyl (C=O) groups excluding carboxylic acids is 3. The first-order chi connectivity index (χ1) is 11.0. The fourth-order valence-electron chi connectivity index (χ4n) is 2.01. The van der Waals surface area contributed by atoms with E-state index in [2.05, 4.69) is 0 Å². The van der Waals surface area contributed by atoms with E-state index < -0.39 is 11.1 Å². The Morgan fingerprint density at radius 1 is 1.17 bits per heavy atom. The maximum atomic E-state index is 12.3. The van der Waals surface area contributed by atoms with Crippen LogP contribution in [-0.4, -0.2) is 28.4 Å². The normalized spacial score (nSPS) is 16.4. The maximum Gasteiger partial charge on any atom is 0.293 e. The van der Waals surface area contributed by atoms with Crippen LogP contribution in [-0.2, 0) is 4.79 Å². The third-order valence-corrected chi connectivity index (χ3v) is 5.14. The number of carbonyl (C=O) groups is 3. The van der Waals surface area contributed by atoms with E-state index in [-0.39, 0.29) is 12.3 Å². The SMILES string of the molecule is O=C(CN1C(=O)S/C(=C/c2cccs2)C1=O)c1ccc(Cl)cc1. The van der Waals surface area contributed by atoms with Gasteiger partial charge >= 0.3 is 0 Å². The van der Waals surface area contributed by atoms with Gasteiger partial charge in [-0.25, -0.2) is 0 Å². The fourth-order valence-corrected chi connectivity index (χ4v) is 3.70. The summed E-state index contributed by atoms with van der Waals surface area (Å²) in [5.41, 5.74) is 0.413. The van der Waals surface area contributed by atoms with E-state index in [9.17, 15) is 14.4 Å². The molecule has 116 valence electrons. The molecule has 0 aliphatic carbocycles. The summed E-state index contributed by atoms with van der Waals surface area (Å²) >= 11 is 8.11. The first-order valence-corrected chi connectivity index (χ1v) is 8.69. The number of Topliss-reactive ketones (excluding diaryl/α,β-unsaturated/α-hetero) is 1. The predicted molar refractivity (Wildman–Crippen MR) is 92.8 cm³/mol. The number of rotatable bonds is 4. The van der Waals surface area contributed by atoms with E-state index in [1.807, 2.05) is 17.5 Å². The van der Waals surface area contributed by atoms with Crippen LogP contribution in [0.2, 0.25) is 5.02 Å². The van der Waals surface area contributed by atoms with E-state index in [0.717, 1.165) is 21.5 Å². The zero-order valence-electron chi connectivity index (χ0n) is 11.7. The van der Waals surface area contributed by atoms with Crippen LogP contribution >= 0.6 is 34.7 Å². The highest BCUT2D eigenvalue weighted by molar-refractivity contribution is 8.18. The molecule has 2 heterocycles. The Labute approximate surface area is 145 Å². The quantitative estimate of drug-likeness (QED) is 0.599. The summed E-state index contributed by atoms with van der Waals surface area (Å²) < 4.78 is 0. The molecule has 0 spiro atoms. The highest BCUT2D eigenvalue weighted by atomic mass is 35.5. The standard InChI is InChI=1S/C16H10ClNO3S2/c17-11-5-3-10(4-6-11)13(19)9-18-15(20)14(23-16(18)21)8-12-2-1-7-22-12/h1-8H,9H2/b14-8+. The van der Waals surface area contributed by atoms with Crippen LogP contribution in [0.4, 0.5) is 4.79 Å². The van der Waals surface area contributed by atoms with Gasteiger partial charge in [0.15, 0.2) is 5.78 Å². The monoisotopic (exact) mass is 363 g/mol. The van der Waals surface area contributed by atoms with Crippen molar-refractivity contribution in [3.63, 3.8) is 0 Å². The van der Waals surface area contributed by atoms with Gasteiger partial charge in [0.1, 0.15) is 0 Å². The fraction of sp³-hybridized carbons (Fsp3) is 0.0625. The number of hydrogen-bond acceptors (Lipinski definition) is 5. The van der Waals surface area contributed by atoms with Gasteiger partial charge in [-0.1, -0.05) is 17.7 Å². The summed E-state index contributed by atoms with van der Waals surface area (Å²) in [6.45, 7) is -0.270. The van der Waals surface area contributed by atoms with Gasteiger partial charge < -0.3 is 0 Å². The van der Waals surface area contributed by atoms with Gasteiger partial charge in [-0.2, -0.15) is 0 Å². The van der Waals surface area contributed by atoms with Crippen molar-refractivity contribution >= 4 is 57.7 Å². The molecule has 1 aliphatic rings. The van der Waals surface area contributed by atoms with Gasteiger partial charge in [0.25, 0.3) is 11.1 Å². The molecule has 0 atom stereocenters. The van der Waals surface area contributed by atoms with Crippen molar-refractivity contribution in [1.29, 1.82) is 0 Å². The summed E-state index contributed by atoms with van der Waals surface area (Å²) in [5.74, 6) is -0.739. The molecule has 2 aromatic rings. The first kappa shape index (κ1) is 16.0. The summed E-state index contributed by atoms with van der Waals surface area (Å²) in [7, 11) is 0. The van der Waals surface area contributed by atoms with Gasteiger partial charge in [0.2, 0.25) is 0 Å². The van der Waals surface area contributed by atoms with Crippen molar-refractivity contribution in [2.45, 2.75) is 0 Å². The Kier molecular flexibility index (Phi) is 4.66. The minimum atomic E-state index is -0.435. The molecule has 1 fully saturated rings. The molecule has 23 heavy (non-hydrogen) atoms. The van der Waals surface area contributed by atoms with E-state index in [0.29, 0.717) is 15.5 Å². The molecular weight excluding hydrogens is 354 g/mol. The highest BCUT2D eigenvalue weighted by Gasteiger charge is 2.36. The third-order valence-electron chi connectivity index (χ3n) is 3.16. The Hall–Kier alpha value is -1.89. The number of benzene rings is 1. The molecule has 0 unspecified atom stereocenters. The minimum absolute atomic E-state index is 0.270. The summed E-state index contributed by atoms with van der Waals surface area (Å²) in [4.78, 5) is 38.7. The van der Waals surface area contributed by atoms with Crippen molar-refractivity contribution in [2.75, 3.05) is 6.54 Å². The molecule has 7 heteroatoms. The molecule has 4 nitrogen and oxygen atoms in total. The van der Waals surface area contributed by atoms with Crippen molar-refractivity contribution < 1.29 is 14.4 Å². The minimum Gasteiger partial charge on any atom is -0.292 e. The van der Waals surface area contributed by atoms with Crippen LogP contribution < -0.4 is 0 Å². The van der Waals surface area contributed by atoms with E-state index in [1.54, 1.807) is 30.3 Å². The topological polar surface area (TPSA) is 54.5 Å². The van der Waals surface area contributed by atoms with Crippen molar-refractivity contribution in [3.05, 3.63) is 62.1 Å². The van der Waals surface area contributed by atoms with Crippen LogP contribution in [0.5, 0.6) is 0 Å². The summed E-state index contributed by atoms with van der Waals surface area (Å²) in [6, 6.07) is 10.1. The number of thioether (sulfide) groups is 1. The zero-order chi connectivity index (χ0) is 16.4. The Morgan fingerprint density at radius 3 is 2.57 bits per heavy atom. The lowest BCUT2D eigenvalue weighted by molar-refractivity contribution is -0.122. The molecule has 1 aromatic heterocycles. The number of nitrogens with zero attached hydrogens (tertiary/aromatic N) is 1. The molecule has 0 radical (unpaired) electrons. The lowest BCUT2D eigenvalue weighted by Crippen LogP contribution is -2.33. The highest BCUT2D eigenvalue weighted by Crippen LogP contribution is 2.33. The molecule has 1 aliphatic heterocycles. The van der Waals surface area contributed by atoms with E-state index >= 15 is 0 Å². The number of halogens is 1. The molecule has 1 saturated heterocycles. The summed E-state index contributed by atoms with van der Waals surface area (Å²) in [6.07, 6.45) is 1.67. The largest absolute Gasteiger partial charge is 0.293 e. The number of thiophene rings is 1. The number of amides is 2. The second kappa shape index (κ2) is 6.70. The lowest BCUT2D eigenvalue weighted by atomic mass is 10.1. The van der Waals surface area contributed by atoms with Crippen LogP contribution in [0, 0.1) is 0 Å². The van der Waals surface area contributed by atoms with Crippen molar-refractivity contribution in [3.8, 4) is 0 Å². The average molecular weight is 364 g/mol. The lowest BCUT2D eigenvalue weighted by Gasteiger charge is -2.11. The van der Waals surface area contributed by atoms with Gasteiger partial charge in [-0.15, -0.1) is 11.3 Å². The Morgan fingerprint density at radius 2 is 1.91 bits per heavy atom. The Balaban J connectivity index is 1.75. The molecule has 0 saturated carbocycles. The number of ketones is 1. The molecule has 2 amide bonds. The van der Waals surface area contributed by atoms with E-state index in [1.165, 1.54) is 11.3 Å². The molecule has 1 aromatic carbocycles. The predicted octanol–water partition coefficient (Wildman–Crippen LogP) is 4.32. The van der Waals surface area contributed by atoms with Gasteiger partial charge in [-0.3, -0.25) is 19.3 Å². The zero-order valence-corrected chi connectivity index (χ0v) is 14.1. The van der Waals surface area contributed by atoms with Gasteiger partial charge in [0.05, 0.1) is 11.4 Å². The first-order valence-electron chi connectivity index (χ1n) is 6.62. The van der Waals surface area contributed by atoms with Crippen molar-refractivity contribution in [1.82, 2.24) is 4.90 Å². The maximum absolute atomic E-state index is 12.3. The van der Waals surface area contributed by atoms with Crippen LogP contribution in [0.3, 0.4) is 0 Å². The number of imide groups is 1.